The molecule has 4 N–H and O–H groups in total. The molecule has 2 aromatic rings. The number of hydrogen-bond acceptors (Lipinski definition) is 3. The van der Waals surface area contributed by atoms with Crippen LogP contribution in [0, 0.1) is 12.8 Å². The van der Waals surface area contributed by atoms with Crippen LogP contribution in [0.4, 0.5) is 5.69 Å². The molecular weight excluding hydrogens is 350 g/mol. The SMILES string of the molecule is Cc1ccc(C(N)C(=O)NCc2cccc(NC(=O)C3CCCCC3)c2)cc1. The van der Waals surface area contributed by atoms with Crippen LogP contribution in [0.1, 0.15) is 54.8 Å². The van der Waals surface area contributed by atoms with Crippen molar-refractivity contribution in [3.63, 3.8) is 0 Å². The van der Waals surface area contributed by atoms with Crippen molar-refractivity contribution in [2.45, 2.75) is 51.6 Å². The third kappa shape index (κ3) is 5.42. The lowest BCUT2D eigenvalue weighted by molar-refractivity contribution is -0.122. The van der Waals surface area contributed by atoms with Gasteiger partial charge in [0.1, 0.15) is 6.04 Å². The fraction of sp³-hybridized carbons (Fsp3) is 0.391. The first-order chi connectivity index (χ1) is 13.5. The zero-order valence-electron chi connectivity index (χ0n) is 16.4. The topological polar surface area (TPSA) is 84.2 Å². The Kier molecular flexibility index (Phi) is 6.82. The molecule has 28 heavy (non-hydrogen) atoms. The maximum Gasteiger partial charge on any atom is 0.241 e. The molecule has 3 rings (SSSR count). The van der Waals surface area contributed by atoms with Crippen molar-refractivity contribution in [3.05, 3.63) is 65.2 Å². The predicted molar refractivity (Wildman–Crippen MR) is 112 cm³/mol. The summed E-state index contributed by atoms with van der Waals surface area (Å²) in [4.78, 5) is 24.8. The van der Waals surface area contributed by atoms with E-state index >= 15 is 0 Å². The summed E-state index contributed by atoms with van der Waals surface area (Å²) in [5.41, 5.74) is 9.67. The quantitative estimate of drug-likeness (QED) is 0.713. The molecule has 2 aromatic carbocycles. The highest BCUT2D eigenvalue weighted by Crippen LogP contribution is 2.25. The average molecular weight is 380 g/mol. The van der Waals surface area contributed by atoms with Gasteiger partial charge < -0.3 is 16.4 Å². The molecule has 5 nitrogen and oxygen atoms in total. The van der Waals surface area contributed by atoms with Crippen molar-refractivity contribution >= 4 is 17.5 Å². The fourth-order valence-corrected chi connectivity index (χ4v) is 3.59. The van der Waals surface area contributed by atoms with Gasteiger partial charge in [-0.1, -0.05) is 61.2 Å². The van der Waals surface area contributed by atoms with Gasteiger partial charge in [-0.15, -0.1) is 0 Å². The van der Waals surface area contributed by atoms with Gasteiger partial charge in [-0.2, -0.15) is 0 Å². The highest BCUT2D eigenvalue weighted by Gasteiger charge is 2.21. The first-order valence-corrected chi connectivity index (χ1v) is 10.0. The minimum Gasteiger partial charge on any atom is -0.350 e. The third-order valence-electron chi connectivity index (χ3n) is 5.36. The molecule has 1 atom stereocenters. The summed E-state index contributed by atoms with van der Waals surface area (Å²) in [6.07, 6.45) is 5.43. The summed E-state index contributed by atoms with van der Waals surface area (Å²) >= 11 is 0. The summed E-state index contributed by atoms with van der Waals surface area (Å²) < 4.78 is 0. The molecule has 2 amide bonds. The van der Waals surface area contributed by atoms with Crippen molar-refractivity contribution in [1.82, 2.24) is 5.32 Å². The van der Waals surface area contributed by atoms with E-state index in [2.05, 4.69) is 10.6 Å². The summed E-state index contributed by atoms with van der Waals surface area (Å²) in [5, 5.41) is 5.90. The predicted octanol–water partition coefficient (Wildman–Crippen LogP) is 3.83. The summed E-state index contributed by atoms with van der Waals surface area (Å²) in [6, 6.07) is 14.5. The van der Waals surface area contributed by atoms with Crippen molar-refractivity contribution < 1.29 is 9.59 Å². The van der Waals surface area contributed by atoms with Gasteiger partial charge in [0.05, 0.1) is 0 Å². The number of amides is 2. The minimum atomic E-state index is -0.699. The van der Waals surface area contributed by atoms with E-state index in [0.717, 1.165) is 48.1 Å². The van der Waals surface area contributed by atoms with Gasteiger partial charge >= 0.3 is 0 Å². The Morgan fingerprint density at radius 2 is 1.79 bits per heavy atom. The number of aryl methyl sites for hydroxylation is 1. The first-order valence-electron chi connectivity index (χ1n) is 10.0. The van der Waals surface area contributed by atoms with E-state index in [-0.39, 0.29) is 17.7 Å². The second kappa shape index (κ2) is 9.51. The fourth-order valence-electron chi connectivity index (χ4n) is 3.59. The lowest BCUT2D eigenvalue weighted by atomic mass is 9.88. The van der Waals surface area contributed by atoms with Crippen LogP contribution in [0.3, 0.4) is 0 Å². The second-order valence-corrected chi connectivity index (χ2v) is 7.63. The molecule has 1 aliphatic carbocycles. The van der Waals surface area contributed by atoms with Gasteiger partial charge in [0.15, 0.2) is 0 Å². The first kappa shape index (κ1) is 20.1. The normalized spacial score (nSPS) is 15.6. The zero-order chi connectivity index (χ0) is 19.9. The maximum absolute atomic E-state index is 12.4. The van der Waals surface area contributed by atoms with E-state index < -0.39 is 6.04 Å². The van der Waals surface area contributed by atoms with Gasteiger partial charge in [-0.25, -0.2) is 0 Å². The Balaban J connectivity index is 1.54. The monoisotopic (exact) mass is 379 g/mol. The van der Waals surface area contributed by atoms with Crippen LogP contribution in [0.5, 0.6) is 0 Å². The van der Waals surface area contributed by atoms with E-state index in [9.17, 15) is 9.59 Å². The van der Waals surface area contributed by atoms with Crippen LogP contribution in [0.2, 0.25) is 0 Å². The van der Waals surface area contributed by atoms with Crippen LogP contribution < -0.4 is 16.4 Å². The molecular formula is C23H29N3O2. The second-order valence-electron chi connectivity index (χ2n) is 7.63. The number of carbonyl (C=O) groups is 2. The minimum absolute atomic E-state index is 0.0993. The van der Waals surface area contributed by atoms with Crippen LogP contribution in [-0.2, 0) is 16.1 Å². The molecule has 1 saturated carbocycles. The molecule has 1 unspecified atom stereocenters. The molecule has 0 spiro atoms. The zero-order valence-corrected chi connectivity index (χ0v) is 16.4. The van der Waals surface area contributed by atoms with E-state index in [0.29, 0.717) is 6.54 Å². The molecule has 0 radical (unpaired) electrons. The van der Waals surface area contributed by atoms with Crippen molar-refractivity contribution in [2.75, 3.05) is 5.32 Å². The summed E-state index contributed by atoms with van der Waals surface area (Å²) in [5.74, 6) is -0.00704. The Hall–Kier alpha value is -2.66. The Morgan fingerprint density at radius 3 is 2.50 bits per heavy atom. The van der Waals surface area contributed by atoms with Crippen molar-refractivity contribution in [3.8, 4) is 0 Å². The van der Waals surface area contributed by atoms with Gasteiger partial charge in [0.2, 0.25) is 11.8 Å². The highest BCUT2D eigenvalue weighted by atomic mass is 16.2. The molecule has 5 heteroatoms. The number of nitrogens with one attached hydrogen (secondary N) is 2. The van der Waals surface area contributed by atoms with E-state index in [4.69, 9.17) is 5.73 Å². The standard InChI is InChI=1S/C23H29N3O2/c1-16-10-12-18(13-11-16)21(24)23(28)25-15-17-6-5-9-20(14-17)26-22(27)19-7-3-2-4-8-19/h5-6,9-14,19,21H,2-4,7-8,15,24H2,1H3,(H,25,28)(H,26,27). The number of anilines is 1. The Morgan fingerprint density at radius 1 is 1.07 bits per heavy atom. The lowest BCUT2D eigenvalue weighted by Crippen LogP contribution is -2.33. The molecule has 148 valence electrons. The molecule has 1 fully saturated rings. The number of carbonyl (C=O) groups excluding carboxylic acids is 2. The van der Waals surface area contributed by atoms with Crippen LogP contribution in [0.25, 0.3) is 0 Å². The number of hydrogen-bond donors (Lipinski definition) is 3. The molecule has 0 heterocycles. The number of nitrogens with two attached hydrogens (primary N) is 1. The number of benzene rings is 2. The maximum atomic E-state index is 12.4. The van der Waals surface area contributed by atoms with E-state index in [1.807, 2.05) is 55.5 Å². The van der Waals surface area contributed by atoms with E-state index in [1.54, 1.807) is 0 Å². The van der Waals surface area contributed by atoms with Gasteiger partial charge in [-0.3, -0.25) is 9.59 Å². The summed E-state index contributed by atoms with van der Waals surface area (Å²) in [6.45, 7) is 2.36. The molecule has 0 aliphatic heterocycles. The third-order valence-corrected chi connectivity index (χ3v) is 5.36. The van der Waals surface area contributed by atoms with Gasteiger partial charge in [0, 0.05) is 18.2 Å². The van der Waals surface area contributed by atoms with Gasteiger partial charge in [-0.05, 0) is 43.0 Å². The van der Waals surface area contributed by atoms with Gasteiger partial charge in [0.25, 0.3) is 0 Å². The smallest absolute Gasteiger partial charge is 0.241 e. The van der Waals surface area contributed by atoms with E-state index in [1.165, 1.54) is 6.42 Å². The molecule has 1 aliphatic rings. The van der Waals surface area contributed by atoms with Crippen LogP contribution in [0.15, 0.2) is 48.5 Å². The Labute approximate surface area is 166 Å². The number of rotatable bonds is 6. The van der Waals surface area contributed by atoms with Crippen molar-refractivity contribution in [1.29, 1.82) is 0 Å². The lowest BCUT2D eigenvalue weighted by Gasteiger charge is -2.21. The van der Waals surface area contributed by atoms with Crippen LogP contribution >= 0.6 is 0 Å². The molecule has 0 saturated heterocycles. The van der Waals surface area contributed by atoms with Crippen molar-refractivity contribution in [2.24, 2.45) is 11.7 Å². The average Bonchev–Trinajstić information content (AvgIpc) is 2.73. The highest BCUT2D eigenvalue weighted by molar-refractivity contribution is 5.92. The molecule has 0 bridgehead atoms. The summed E-state index contributed by atoms with van der Waals surface area (Å²) in [7, 11) is 0. The van der Waals surface area contributed by atoms with Crippen LogP contribution in [-0.4, -0.2) is 11.8 Å². The largest absolute Gasteiger partial charge is 0.350 e. The Bertz CT molecular complexity index is 811. The molecule has 0 aromatic heterocycles.